The predicted molar refractivity (Wildman–Crippen MR) is 129 cm³/mol. The van der Waals surface area contributed by atoms with Gasteiger partial charge in [0.1, 0.15) is 18.0 Å². The van der Waals surface area contributed by atoms with Crippen LogP contribution in [0.25, 0.3) is 11.0 Å². The van der Waals surface area contributed by atoms with Gasteiger partial charge in [-0.15, -0.1) is 0 Å². The van der Waals surface area contributed by atoms with Crippen LogP contribution in [0.3, 0.4) is 0 Å². The van der Waals surface area contributed by atoms with E-state index in [1.807, 2.05) is 6.92 Å². The quantitative estimate of drug-likeness (QED) is 0.428. The van der Waals surface area contributed by atoms with Gasteiger partial charge in [-0.3, -0.25) is 4.79 Å². The average Bonchev–Trinajstić information content (AvgIpc) is 2.72. The number of hydrogen-bond acceptors (Lipinski definition) is 4. The summed E-state index contributed by atoms with van der Waals surface area (Å²) >= 11 is 0. The lowest BCUT2D eigenvalue weighted by Gasteiger charge is -2.24. The zero-order valence-corrected chi connectivity index (χ0v) is 21.0. The summed E-state index contributed by atoms with van der Waals surface area (Å²) in [5.74, 6) is -1.88. The highest BCUT2D eigenvalue weighted by atomic mass is 19.4. The lowest BCUT2D eigenvalue weighted by molar-refractivity contribution is -0.919. The average molecular weight is 493 g/mol. The Kier molecular flexibility index (Phi) is 7.84. The van der Waals surface area contributed by atoms with Gasteiger partial charge in [-0.05, 0) is 49.2 Å². The Bertz CT molecular complexity index is 1250. The van der Waals surface area contributed by atoms with E-state index in [4.69, 9.17) is 9.15 Å². The van der Waals surface area contributed by atoms with Crippen molar-refractivity contribution >= 4 is 11.0 Å². The van der Waals surface area contributed by atoms with Gasteiger partial charge in [-0.2, -0.15) is 13.2 Å². The van der Waals surface area contributed by atoms with E-state index in [1.165, 1.54) is 18.2 Å². The molecule has 0 fully saturated rings. The molecular weight excluding hydrogens is 459 g/mol. The Morgan fingerprint density at radius 2 is 1.63 bits per heavy atom. The molecule has 0 radical (unpaired) electrons. The van der Waals surface area contributed by atoms with Crippen LogP contribution in [0.5, 0.6) is 17.2 Å². The first-order valence-electron chi connectivity index (χ1n) is 11.8. The van der Waals surface area contributed by atoms with E-state index in [9.17, 15) is 23.1 Å². The Hall–Kier alpha value is -3.00. The fourth-order valence-electron chi connectivity index (χ4n) is 4.26. The molecule has 1 heterocycles. The third-order valence-electron chi connectivity index (χ3n) is 5.87. The molecular formula is C27H33F3NO4+. The minimum Gasteiger partial charge on any atom is -0.507 e. The van der Waals surface area contributed by atoms with Crippen molar-refractivity contribution < 1.29 is 32.3 Å². The molecule has 2 N–H and O–H groups in total. The molecule has 0 bridgehead atoms. The van der Waals surface area contributed by atoms with Crippen LogP contribution in [0, 0.1) is 25.7 Å². The van der Waals surface area contributed by atoms with Gasteiger partial charge >= 0.3 is 6.18 Å². The number of halogens is 3. The minimum atomic E-state index is -4.98. The van der Waals surface area contributed by atoms with Crippen molar-refractivity contribution in [3.8, 4) is 17.2 Å². The number of nitrogens with one attached hydrogen (secondary N) is 1. The molecule has 35 heavy (non-hydrogen) atoms. The number of benzene rings is 2. The van der Waals surface area contributed by atoms with Gasteiger partial charge in [0.15, 0.2) is 5.58 Å². The van der Waals surface area contributed by atoms with Crippen LogP contribution in [-0.4, -0.2) is 18.2 Å². The molecule has 0 unspecified atom stereocenters. The van der Waals surface area contributed by atoms with Crippen molar-refractivity contribution in [2.75, 3.05) is 13.1 Å². The molecule has 8 heteroatoms. The summed E-state index contributed by atoms with van der Waals surface area (Å²) in [7, 11) is 0. The fraction of sp³-hybridized carbons (Fsp3) is 0.444. The summed E-state index contributed by atoms with van der Waals surface area (Å²) < 4.78 is 53.0. The highest BCUT2D eigenvalue weighted by Crippen LogP contribution is 2.40. The number of phenolic OH excluding ortho intramolecular Hbond substituents is 1. The summed E-state index contributed by atoms with van der Waals surface area (Å²) in [6, 6.07) is 7.38. The number of phenols is 1. The van der Waals surface area contributed by atoms with E-state index < -0.39 is 23.1 Å². The molecule has 3 rings (SSSR count). The summed E-state index contributed by atoms with van der Waals surface area (Å²) in [6.45, 7) is 13.6. The number of alkyl halides is 3. The molecule has 0 atom stereocenters. The highest BCUT2D eigenvalue weighted by Gasteiger charge is 2.41. The van der Waals surface area contributed by atoms with Gasteiger partial charge in [-0.25, -0.2) is 0 Å². The second kappa shape index (κ2) is 10.3. The second-order valence-electron chi connectivity index (χ2n) is 10.00. The molecule has 3 aromatic rings. The fourth-order valence-corrected chi connectivity index (χ4v) is 4.26. The van der Waals surface area contributed by atoms with Crippen LogP contribution >= 0.6 is 0 Å². The monoisotopic (exact) mass is 492 g/mol. The van der Waals surface area contributed by atoms with E-state index in [0.29, 0.717) is 11.8 Å². The Morgan fingerprint density at radius 1 is 1.00 bits per heavy atom. The maximum atomic E-state index is 14.1. The summed E-state index contributed by atoms with van der Waals surface area (Å²) in [5, 5.41) is 10.5. The van der Waals surface area contributed by atoms with Crippen LogP contribution in [0.4, 0.5) is 13.2 Å². The molecule has 0 aliphatic rings. The van der Waals surface area contributed by atoms with Crippen LogP contribution in [-0.2, 0) is 12.7 Å². The van der Waals surface area contributed by atoms with Crippen molar-refractivity contribution in [3.05, 3.63) is 63.0 Å². The third-order valence-corrected chi connectivity index (χ3v) is 5.87. The molecule has 2 aromatic carbocycles. The van der Waals surface area contributed by atoms with Gasteiger partial charge in [0, 0.05) is 11.8 Å². The summed E-state index contributed by atoms with van der Waals surface area (Å²) in [5.41, 5.74) is 0.729. The minimum absolute atomic E-state index is 0.0712. The first-order chi connectivity index (χ1) is 16.3. The van der Waals surface area contributed by atoms with Crippen molar-refractivity contribution in [3.63, 3.8) is 0 Å². The molecule has 0 aliphatic heterocycles. The smallest absolute Gasteiger partial charge is 0.453 e. The molecule has 5 nitrogen and oxygen atoms in total. The van der Waals surface area contributed by atoms with E-state index in [0.717, 1.165) is 29.1 Å². The third kappa shape index (κ3) is 6.17. The van der Waals surface area contributed by atoms with Crippen molar-refractivity contribution in [1.82, 2.24) is 0 Å². The van der Waals surface area contributed by atoms with E-state index in [1.54, 1.807) is 19.1 Å². The largest absolute Gasteiger partial charge is 0.507 e. The molecule has 0 saturated heterocycles. The topological polar surface area (TPSA) is 64.1 Å². The second-order valence-corrected chi connectivity index (χ2v) is 10.00. The number of rotatable bonds is 8. The van der Waals surface area contributed by atoms with Gasteiger partial charge < -0.3 is 19.2 Å². The zero-order chi connectivity index (χ0) is 26.1. The van der Waals surface area contributed by atoms with Crippen LogP contribution < -0.4 is 15.1 Å². The maximum absolute atomic E-state index is 14.1. The summed E-state index contributed by atoms with van der Waals surface area (Å²) in [6.07, 6.45) is -4.98. The standard InChI is InChI=1S/C27H32F3NO4/c1-15(2)12-31(13-16(3)4)14-21-22(32)10-9-20-23(33)25(26(27(28,29)30)35-24(20)21)34-19-8-7-17(5)18(6)11-19/h7-11,15-16,32H,12-14H2,1-6H3/p+1. The number of hydrogen-bond donors (Lipinski definition) is 2. The number of aromatic hydroxyl groups is 1. The Morgan fingerprint density at radius 3 is 2.17 bits per heavy atom. The van der Waals surface area contributed by atoms with E-state index in [-0.39, 0.29) is 34.6 Å². The molecule has 0 amide bonds. The predicted octanol–water partition coefficient (Wildman–Crippen LogP) is 5.62. The number of quaternary nitrogens is 1. The lowest BCUT2D eigenvalue weighted by atomic mass is 10.1. The zero-order valence-electron chi connectivity index (χ0n) is 21.0. The summed E-state index contributed by atoms with van der Waals surface area (Å²) in [4.78, 5) is 14.4. The van der Waals surface area contributed by atoms with Crippen molar-refractivity contribution in [2.24, 2.45) is 11.8 Å². The molecule has 0 aliphatic carbocycles. The van der Waals surface area contributed by atoms with Crippen molar-refractivity contribution in [1.29, 1.82) is 0 Å². The van der Waals surface area contributed by atoms with Gasteiger partial charge in [0.05, 0.1) is 24.0 Å². The van der Waals surface area contributed by atoms with Crippen LogP contribution in [0.1, 0.15) is 50.1 Å². The first-order valence-corrected chi connectivity index (χ1v) is 11.8. The highest BCUT2D eigenvalue weighted by molar-refractivity contribution is 5.83. The normalized spacial score (nSPS) is 12.3. The van der Waals surface area contributed by atoms with E-state index >= 15 is 0 Å². The van der Waals surface area contributed by atoms with Gasteiger partial charge in [0.2, 0.25) is 11.2 Å². The van der Waals surface area contributed by atoms with Gasteiger partial charge in [0.25, 0.3) is 5.76 Å². The SMILES string of the molecule is Cc1ccc(Oc2c(C(F)(F)F)oc3c(C[NH+](CC(C)C)CC(C)C)c(O)ccc3c2=O)cc1C. The van der Waals surface area contributed by atoms with Crippen molar-refractivity contribution in [2.45, 2.75) is 54.3 Å². The molecule has 190 valence electrons. The molecule has 0 saturated carbocycles. The number of ether oxygens (including phenoxy) is 1. The van der Waals surface area contributed by atoms with Gasteiger partial charge in [-0.1, -0.05) is 33.8 Å². The number of aryl methyl sites for hydroxylation is 2. The van der Waals surface area contributed by atoms with E-state index in [2.05, 4.69) is 27.7 Å². The Labute approximate surface area is 203 Å². The maximum Gasteiger partial charge on any atom is 0.453 e. The number of fused-ring (bicyclic) bond motifs is 1. The first kappa shape index (κ1) is 26.6. The molecule has 0 spiro atoms. The van der Waals surface area contributed by atoms with Crippen LogP contribution in [0.2, 0.25) is 0 Å². The molecule has 1 aromatic heterocycles. The Balaban J connectivity index is 2.20. The lowest BCUT2D eigenvalue weighted by Crippen LogP contribution is -3.11. The van der Waals surface area contributed by atoms with Crippen LogP contribution in [0.15, 0.2) is 39.5 Å².